The zero-order valence-corrected chi connectivity index (χ0v) is 8.97. The predicted octanol–water partition coefficient (Wildman–Crippen LogP) is 2.80. The summed E-state index contributed by atoms with van der Waals surface area (Å²) in [6, 6.07) is 1.58. The molecule has 0 aliphatic carbocycles. The van der Waals surface area contributed by atoms with Gasteiger partial charge in [-0.3, -0.25) is 0 Å². The maximum absolute atomic E-state index is 12.3. The summed E-state index contributed by atoms with van der Waals surface area (Å²) >= 11 is 5.85. The summed E-state index contributed by atoms with van der Waals surface area (Å²) in [5.41, 5.74) is 0.675. The van der Waals surface area contributed by atoms with Crippen molar-refractivity contribution in [2.45, 2.75) is 19.5 Å². The van der Waals surface area contributed by atoms with Gasteiger partial charge < -0.3 is 0 Å². The van der Waals surface area contributed by atoms with E-state index in [-0.39, 0.29) is 16.4 Å². The molecule has 0 spiro atoms. The first-order chi connectivity index (χ1) is 7.38. The van der Waals surface area contributed by atoms with E-state index in [1.807, 2.05) is 0 Å². The van der Waals surface area contributed by atoms with Crippen molar-refractivity contribution < 1.29 is 13.2 Å². The second-order valence-corrected chi connectivity index (χ2v) is 3.72. The van der Waals surface area contributed by atoms with Gasteiger partial charge in [-0.05, 0) is 6.92 Å². The molecule has 0 fully saturated rings. The standard InChI is InChI=1S/C9H7ClF3N3/c1-5-6(4-9(11,12)13)8(10)16-7(15-5)2-3-14-16/h2-3H,4H2,1H3. The highest BCUT2D eigenvalue weighted by Crippen LogP contribution is 2.28. The molecule has 0 aromatic carbocycles. The summed E-state index contributed by atoms with van der Waals surface area (Å²) in [5.74, 6) is 0. The number of aromatic nitrogens is 3. The minimum atomic E-state index is -4.31. The summed E-state index contributed by atoms with van der Waals surface area (Å²) < 4.78 is 38.1. The van der Waals surface area contributed by atoms with Gasteiger partial charge in [-0.2, -0.15) is 18.3 Å². The second kappa shape index (κ2) is 3.62. The van der Waals surface area contributed by atoms with Crippen molar-refractivity contribution in [3.63, 3.8) is 0 Å². The Kier molecular flexibility index (Phi) is 2.53. The molecule has 2 heterocycles. The molecule has 0 saturated carbocycles. The van der Waals surface area contributed by atoms with Crippen LogP contribution in [0.2, 0.25) is 5.15 Å². The zero-order valence-electron chi connectivity index (χ0n) is 8.22. The number of nitrogens with zero attached hydrogens (tertiary/aromatic N) is 3. The molecule has 7 heteroatoms. The van der Waals surface area contributed by atoms with E-state index in [4.69, 9.17) is 11.6 Å². The van der Waals surface area contributed by atoms with Gasteiger partial charge in [0.25, 0.3) is 0 Å². The van der Waals surface area contributed by atoms with Gasteiger partial charge in [0, 0.05) is 17.3 Å². The Morgan fingerprint density at radius 3 is 2.75 bits per heavy atom. The Bertz CT molecular complexity index is 533. The van der Waals surface area contributed by atoms with Crippen LogP contribution < -0.4 is 0 Å². The van der Waals surface area contributed by atoms with Crippen molar-refractivity contribution in [2.24, 2.45) is 0 Å². The average molecular weight is 250 g/mol. The van der Waals surface area contributed by atoms with E-state index in [0.29, 0.717) is 5.65 Å². The van der Waals surface area contributed by atoms with Crippen molar-refractivity contribution >= 4 is 17.2 Å². The molecular formula is C9H7ClF3N3. The van der Waals surface area contributed by atoms with Gasteiger partial charge >= 0.3 is 6.18 Å². The normalized spacial score (nSPS) is 12.3. The molecular weight excluding hydrogens is 243 g/mol. The zero-order chi connectivity index (χ0) is 11.9. The van der Waals surface area contributed by atoms with Crippen LogP contribution in [0.4, 0.5) is 13.2 Å². The Hall–Kier alpha value is -1.30. The van der Waals surface area contributed by atoms with Crippen molar-refractivity contribution in [3.8, 4) is 0 Å². The van der Waals surface area contributed by atoms with E-state index < -0.39 is 12.6 Å². The maximum Gasteiger partial charge on any atom is 0.393 e. The first-order valence-corrected chi connectivity index (χ1v) is 4.82. The monoisotopic (exact) mass is 249 g/mol. The van der Waals surface area contributed by atoms with E-state index in [9.17, 15) is 13.2 Å². The van der Waals surface area contributed by atoms with E-state index in [1.54, 1.807) is 6.07 Å². The number of halogens is 4. The van der Waals surface area contributed by atoms with Gasteiger partial charge in [0.2, 0.25) is 0 Å². The molecule has 0 N–H and O–H groups in total. The van der Waals surface area contributed by atoms with Crippen molar-refractivity contribution in [1.82, 2.24) is 14.6 Å². The fourth-order valence-corrected chi connectivity index (χ4v) is 1.78. The van der Waals surface area contributed by atoms with Gasteiger partial charge in [-0.15, -0.1) is 0 Å². The molecule has 0 atom stereocenters. The Morgan fingerprint density at radius 2 is 2.12 bits per heavy atom. The van der Waals surface area contributed by atoms with Gasteiger partial charge in [0.1, 0.15) is 5.15 Å². The van der Waals surface area contributed by atoms with E-state index in [1.165, 1.54) is 17.6 Å². The molecule has 2 rings (SSSR count). The summed E-state index contributed by atoms with van der Waals surface area (Å²) in [5, 5.41) is 3.77. The number of hydrogen-bond acceptors (Lipinski definition) is 2. The van der Waals surface area contributed by atoms with Crippen LogP contribution in [0.15, 0.2) is 12.3 Å². The Balaban J connectivity index is 2.59. The number of rotatable bonds is 1. The van der Waals surface area contributed by atoms with E-state index >= 15 is 0 Å². The van der Waals surface area contributed by atoms with Gasteiger partial charge in [0.05, 0.1) is 12.6 Å². The van der Waals surface area contributed by atoms with Crippen LogP contribution in [0.1, 0.15) is 11.3 Å². The maximum atomic E-state index is 12.3. The molecule has 0 aliphatic rings. The lowest BCUT2D eigenvalue weighted by Gasteiger charge is -2.11. The smallest absolute Gasteiger partial charge is 0.233 e. The fraction of sp³-hybridized carbons (Fsp3) is 0.333. The quantitative estimate of drug-likeness (QED) is 0.728. The third-order valence-electron chi connectivity index (χ3n) is 2.15. The van der Waals surface area contributed by atoms with Gasteiger partial charge in [0.15, 0.2) is 5.65 Å². The number of fused-ring (bicyclic) bond motifs is 1. The average Bonchev–Trinajstić information content (AvgIpc) is 2.58. The van der Waals surface area contributed by atoms with Crippen LogP contribution in [0.5, 0.6) is 0 Å². The molecule has 2 aromatic rings. The molecule has 0 aliphatic heterocycles. The number of aryl methyl sites for hydroxylation is 1. The summed E-state index contributed by atoms with van der Waals surface area (Å²) in [7, 11) is 0. The topological polar surface area (TPSA) is 30.2 Å². The molecule has 0 saturated heterocycles. The molecule has 86 valence electrons. The highest BCUT2D eigenvalue weighted by atomic mass is 35.5. The molecule has 0 unspecified atom stereocenters. The molecule has 16 heavy (non-hydrogen) atoms. The van der Waals surface area contributed by atoms with Crippen LogP contribution in [0.25, 0.3) is 5.65 Å². The third-order valence-corrected chi connectivity index (χ3v) is 2.54. The first-order valence-electron chi connectivity index (χ1n) is 4.44. The predicted molar refractivity (Wildman–Crippen MR) is 52.5 cm³/mol. The van der Waals surface area contributed by atoms with Crippen LogP contribution in [-0.4, -0.2) is 20.8 Å². The Labute approximate surface area is 93.9 Å². The van der Waals surface area contributed by atoms with Gasteiger partial charge in [-0.25, -0.2) is 9.50 Å². The van der Waals surface area contributed by atoms with E-state index in [2.05, 4.69) is 10.1 Å². The Morgan fingerprint density at radius 1 is 1.44 bits per heavy atom. The minimum absolute atomic E-state index is 0.0367. The summed E-state index contributed by atoms with van der Waals surface area (Å²) in [6.45, 7) is 1.50. The summed E-state index contributed by atoms with van der Waals surface area (Å²) in [6.07, 6.45) is -3.97. The lowest BCUT2D eigenvalue weighted by atomic mass is 10.2. The highest BCUT2D eigenvalue weighted by Gasteiger charge is 2.30. The third kappa shape index (κ3) is 1.97. The van der Waals surface area contributed by atoms with Gasteiger partial charge in [-0.1, -0.05) is 11.6 Å². The molecule has 0 radical (unpaired) electrons. The van der Waals surface area contributed by atoms with Crippen LogP contribution in [-0.2, 0) is 6.42 Å². The van der Waals surface area contributed by atoms with E-state index in [0.717, 1.165) is 0 Å². The minimum Gasteiger partial charge on any atom is -0.233 e. The molecule has 0 amide bonds. The number of alkyl halides is 3. The van der Waals surface area contributed by atoms with Crippen molar-refractivity contribution in [2.75, 3.05) is 0 Å². The van der Waals surface area contributed by atoms with Crippen molar-refractivity contribution in [3.05, 3.63) is 28.7 Å². The largest absolute Gasteiger partial charge is 0.393 e. The molecule has 3 nitrogen and oxygen atoms in total. The molecule has 2 aromatic heterocycles. The lowest BCUT2D eigenvalue weighted by Crippen LogP contribution is -2.15. The SMILES string of the molecule is Cc1nc2ccnn2c(Cl)c1CC(F)(F)F. The second-order valence-electron chi connectivity index (χ2n) is 3.36. The summed E-state index contributed by atoms with van der Waals surface area (Å²) in [4.78, 5) is 4.00. The number of hydrogen-bond donors (Lipinski definition) is 0. The van der Waals surface area contributed by atoms with Crippen molar-refractivity contribution in [1.29, 1.82) is 0 Å². The van der Waals surface area contributed by atoms with Crippen LogP contribution in [0.3, 0.4) is 0 Å². The van der Waals surface area contributed by atoms with Crippen LogP contribution >= 0.6 is 11.6 Å². The van der Waals surface area contributed by atoms with Crippen LogP contribution in [0, 0.1) is 6.92 Å². The fourth-order valence-electron chi connectivity index (χ4n) is 1.45. The lowest BCUT2D eigenvalue weighted by molar-refractivity contribution is -0.127. The molecule has 0 bridgehead atoms. The first kappa shape index (κ1) is 11.2. The highest BCUT2D eigenvalue weighted by molar-refractivity contribution is 6.30.